The van der Waals surface area contributed by atoms with Crippen LogP contribution in [0.2, 0.25) is 0 Å². The Morgan fingerprint density at radius 2 is 2.28 bits per heavy atom. The van der Waals surface area contributed by atoms with E-state index in [1.54, 1.807) is 12.1 Å². The van der Waals surface area contributed by atoms with Crippen molar-refractivity contribution < 1.29 is 4.79 Å². The van der Waals surface area contributed by atoms with Gasteiger partial charge in [-0.2, -0.15) is 0 Å². The van der Waals surface area contributed by atoms with Crippen molar-refractivity contribution in [2.24, 2.45) is 11.1 Å². The number of nitrogen functional groups attached to an aromatic ring is 1. The maximum absolute atomic E-state index is 12.4. The van der Waals surface area contributed by atoms with Gasteiger partial charge in [0.2, 0.25) is 0 Å². The minimum absolute atomic E-state index is 0.00262. The van der Waals surface area contributed by atoms with Crippen molar-refractivity contribution in [1.82, 2.24) is 4.90 Å². The Morgan fingerprint density at radius 1 is 1.56 bits per heavy atom. The highest BCUT2D eigenvalue weighted by Gasteiger charge is 2.35. The molecule has 0 aliphatic carbocycles. The van der Waals surface area contributed by atoms with E-state index in [0.29, 0.717) is 24.3 Å². The molecule has 1 unspecified atom stereocenters. The predicted octanol–water partition coefficient (Wildman–Crippen LogP) is 1.84. The summed E-state index contributed by atoms with van der Waals surface area (Å²) in [5.41, 5.74) is 12.8. The lowest BCUT2D eigenvalue weighted by molar-refractivity contribution is 0.0778. The zero-order valence-electron chi connectivity index (χ0n) is 10.4. The average molecular weight is 312 g/mol. The molecule has 98 valence electrons. The van der Waals surface area contributed by atoms with E-state index in [1.807, 2.05) is 11.0 Å². The molecule has 1 fully saturated rings. The minimum atomic E-state index is -0.00262. The number of anilines is 1. The van der Waals surface area contributed by atoms with Crippen molar-refractivity contribution in [1.29, 1.82) is 0 Å². The molecule has 1 aliphatic rings. The molecule has 1 saturated heterocycles. The summed E-state index contributed by atoms with van der Waals surface area (Å²) in [5, 5.41) is 0. The standard InChI is InChI=1S/C13H18BrN3O/c1-13(7-15)4-5-17(8-13)12(18)10-3-2-9(14)6-11(10)16/h2-3,6H,4-5,7-8,15-16H2,1H3. The Hall–Kier alpha value is -1.07. The zero-order chi connectivity index (χ0) is 13.3. The molecule has 4 nitrogen and oxygen atoms in total. The van der Waals surface area contributed by atoms with Crippen LogP contribution in [0, 0.1) is 5.41 Å². The molecule has 0 radical (unpaired) electrons. The van der Waals surface area contributed by atoms with Crippen LogP contribution in [0.15, 0.2) is 22.7 Å². The molecular formula is C13H18BrN3O. The molecule has 1 aromatic rings. The van der Waals surface area contributed by atoms with Crippen LogP contribution >= 0.6 is 15.9 Å². The van der Waals surface area contributed by atoms with E-state index in [9.17, 15) is 4.79 Å². The van der Waals surface area contributed by atoms with Crippen molar-refractivity contribution >= 4 is 27.5 Å². The predicted molar refractivity (Wildman–Crippen MR) is 76.2 cm³/mol. The number of hydrogen-bond acceptors (Lipinski definition) is 3. The fourth-order valence-corrected chi connectivity index (χ4v) is 2.64. The summed E-state index contributed by atoms with van der Waals surface area (Å²) >= 11 is 3.34. The molecule has 0 saturated carbocycles. The average Bonchev–Trinajstić information content (AvgIpc) is 2.72. The Bertz CT molecular complexity index is 477. The van der Waals surface area contributed by atoms with Crippen LogP contribution < -0.4 is 11.5 Å². The third kappa shape index (κ3) is 2.52. The number of nitrogens with two attached hydrogens (primary N) is 2. The number of amides is 1. The number of halogens is 1. The number of likely N-dealkylation sites (tertiary alicyclic amines) is 1. The van der Waals surface area contributed by atoms with Crippen LogP contribution in [-0.4, -0.2) is 30.4 Å². The fraction of sp³-hybridized carbons (Fsp3) is 0.462. The molecule has 18 heavy (non-hydrogen) atoms. The topological polar surface area (TPSA) is 72.3 Å². The number of carbonyl (C=O) groups is 1. The quantitative estimate of drug-likeness (QED) is 0.819. The van der Waals surface area contributed by atoms with Gasteiger partial charge in [0.25, 0.3) is 5.91 Å². The van der Waals surface area contributed by atoms with E-state index in [4.69, 9.17) is 11.5 Å². The number of carbonyl (C=O) groups excluding carboxylic acids is 1. The molecule has 0 spiro atoms. The largest absolute Gasteiger partial charge is 0.398 e. The molecular weight excluding hydrogens is 294 g/mol. The minimum Gasteiger partial charge on any atom is -0.398 e. The van der Waals surface area contributed by atoms with Crippen molar-refractivity contribution in [3.8, 4) is 0 Å². The lowest BCUT2D eigenvalue weighted by Crippen LogP contribution is -2.34. The number of nitrogens with zero attached hydrogens (tertiary/aromatic N) is 1. The van der Waals surface area contributed by atoms with Gasteiger partial charge in [-0.25, -0.2) is 0 Å². The highest BCUT2D eigenvalue weighted by atomic mass is 79.9. The van der Waals surface area contributed by atoms with Crippen LogP contribution in [0.4, 0.5) is 5.69 Å². The van der Waals surface area contributed by atoms with E-state index < -0.39 is 0 Å². The van der Waals surface area contributed by atoms with Crippen molar-refractivity contribution in [2.75, 3.05) is 25.4 Å². The lowest BCUT2D eigenvalue weighted by atomic mass is 9.90. The Kier molecular flexibility index (Phi) is 3.64. The first-order valence-electron chi connectivity index (χ1n) is 5.99. The first-order chi connectivity index (χ1) is 8.45. The Labute approximate surface area is 115 Å². The second-order valence-corrected chi connectivity index (χ2v) is 6.14. The lowest BCUT2D eigenvalue weighted by Gasteiger charge is -2.23. The van der Waals surface area contributed by atoms with Crippen molar-refractivity contribution in [3.05, 3.63) is 28.2 Å². The normalized spacial score (nSPS) is 23.4. The molecule has 4 N–H and O–H groups in total. The Morgan fingerprint density at radius 3 is 2.83 bits per heavy atom. The summed E-state index contributed by atoms with van der Waals surface area (Å²) in [4.78, 5) is 14.2. The van der Waals surface area contributed by atoms with Crippen LogP contribution in [0.5, 0.6) is 0 Å². The highest BCUT2D eigenvalue weighted by molar-refractivity contribution is 9.10. The van der Waals surface area contributed by atoms with E-state index >= 15 is 0 Å². The van der Waals surface area contributed by atoms with Gasteiger partial charge in [0, 0.05) is 23.2 Å². The molecule has 2 rings (SSSR count). The number of benzene rings is 1. The summed E-state index contributed by atoms with van der Waals surface area (Å²) in [7, 11) is 0. The van der Waals surface area contributed by atoms with E-state index in [2.05, 4.69) is 22.9 Å². The first kappa shape index (κ1) is 13.4. The van der Waals surface area contributed by atoms with Gasteiger partial charge >= 0.3 is 0 Å². The molecule has 1 amide bonds. The maximum atomic E-state index is 12.4. The molecule has 1 aliphatic heterocycles. The number of hydrogen-bond donors (Lipinski definition) is 2. The molecule has 1 atom stereocenters. The summed E-state index contributed by atoms with van der Waals surface area (Å²) in [6.45, 7) is 4.18. The number of rotatable bonds is 2. The summed E-state index contributed by atoms with van der Waals surface area (Å²) < 4.78 is 0.879. The van der Waals surface area contributed by atoms with Gasteiger partial charge in [0.15, 0.2) is 0 Å². The molecule has 0 bridgehead atoms. The van der Waals surface area contributed by atoms with Gasteiger partial charge in [0.05, 0.1) is 5.56 Å². The highest BCUT2D eigenvalue weighted by Crippen LogP contribution is 2.30. The summed E-state index contributed by atoms with van der Waals surface area (Å²) in [6, 6.07) is 5.35. The third-order valence-corrected chi connectivity index (χ3v) is 4.08. The smallest absolute Gasteiger partial charge is 0.255 e. The van der Waals surface area contributed by atoms with Gasteiger partial charge in [-0.15, -0.1) is 0 Å². The van der Waals surface area contributed by atoms with Crippen LogP contribution in [0.3, 0.4) is 0 Å². The van der Waals surface area contributed by atoms with Gasteiger partial charge < -0.3 is 16.4 Å². The molecule has 1 aromatic carbocycles. The van der Waals surface area contributed by atoms with Crippen LogP contribution in [0.25, 0.3) is 0 Å². The SMILES string of the molecule is CC1(CN)CCN(C(=O)c2ccc(Br)cc2N)C1. The van der Waals surface area contributed by atoms with E-state index in [0.717, 1.165) is 17.4 Å². The van der Waals surface area contributed by atoms with Crippen LogP contribution in [-0.2, 0) is 0 Å². The summed E-state index contributed by atoms with van der Waals surface area (Å²) in [5.74, 6) is -0.00262. The van der Waals surface area contributed by atoms with Crippen molar-refractivity contribution in [2.45, 2.75) is 13.3 Å². The molecule has 0 aromatic heterocycles. The molecule has 1 heterocycles. The van der Waals surface area contributed by atoms with E-state index in [-0.39, 0.29) is 11.3 Å². The van der Waals surface area contributed by atoms with Gasteiger partial charge in [-0.1, -0.05) is 22.9 Å². The summed E-state index contributed by atoms with van der Waals surface area (Å²) in [6.07, 6.45) is 0.950. The van der Waals surface area contributed by atoms with Crippen LogP contribution in [0.1, 0.15) is 23.7 Å². The second-order valence-electron chi connectivity index (χ2n) is 5.22. The monoisotopic (exact) mass is 311 g/mol. The maximum Gasteiger partial charge on any atom is 0.255 e. The first-order valence-corrected chi connectivity index (χ1v) is 6.79. The van der Waals surface area contributed by atoms with Gasteiger partial charge in [-0.3, -0.25) is 4.79 Å². The third-order valence-electron chi connectivity index (χ3n) is 3.58. The zero-order valence-corrected chi connectivity index (χ0v) is 12.0. The van der Waals surface area contributed by atoms with Crippen molar-refractivity contribution in [3.63, 3.8) is 0 Å². The van der Waals surface area contributed by atoms with Gasteiger partial charge in [0.1, 0.15) is 0 Å². The van der Waals surface area contributed by atoms with Gasteiger partial charge in [-0.05, 0) is 36.6 Å². The fourth-order valence-electron chi connectivity index (χ4n) is 2.26. The molecule has 5 heteroatoms. The van der Waals surface area contributed by atoms with E-state index in [1.165, 1.54) is 0 Å². The second kappa shape index (κ2) is 4.90. The Balaban J connectivity index is 2.18.